The molecule has 1 aliphatic rings. The molecule has 2 heterocycles. The fourth-order valence-electron chi connectivity index (χ4n) is 2.79. The Bertz CT molecular complexity index is 874. The number of thioether (sulfide) groups is 1. The maximum atomic E-state index is 6.54. The molecule has 1 aliphatic heterocycles. The van der Waals surface area contributed by atoms with Crippen molar-refractivity contribution in [1.82, 2.24) is 14.9 Å². The van der Waals surface area contributed by atoms with Crippen molar-refractivity contribution in [2.24, 2.45) is 0 Å². The third-order valence-electron chi connectivity index (χ3n) is 3.98. The summed E-state index contributed by atoms with van der Waals surface area (Å²) >= 11 is 8.19. The Morgan fingerprint density at radius 1 is 1.32 bits per heavy atom. The maximum absolute atomic E-state index is 6.54. The number of benzene rings is 2. The average molecular weight is 331 g/mol. The molecular weight excluding hydrogens is 316 g/mol. The van der Waals surface area contributed by atoms with Crippen LogP contribution in [-0.4, -0.2) is 14.9 Å². The standard InChI is InChI=1S/C16H15ClN4S/c1-3-14-18-19-16-21(14)20-15(22-16)12-7-10-6-4-5-9(2)11(10)8-13(12)17/h4-8,15,20H,3H2,1-2H3. The molecule has 1 aromatic heterocycles. The SMILES string of the molecule is CCc1nnc2n1NC(c1cc3cccc(C)c3cc1Cl)S2. The second-order valence-corrected chi connectivity index (χ2v) is 6.86. The Morgan fingerprint density at radius 2 is 2.18 bits per heavy atom. The van der Waals surface area contributed by atoms with E-state index in [1.54, 1.807) is 11.8 Å². The van der Waals surface area contributed by atoms with Crippen LogP contribution in [0.4, 0.5) is 0 Å². The number of halogens is 1. The molecule has 0 spiro atoms. The zero-order valence-electron chi connectivity index (χ0n) is 12.3. The number of fused-ring (bicyclic) bond motifs is 2. The topological polar surface area (TPSA) is 42.7 Å². The number of nitrogens with zero attached hydrogens (tertiary/aromatic N) is 3. The van der Waals surface area contributed by atoms with Crippen LogP contribution < -0.4 is 5.43 Å². The van der Waals surface area contributed by atoms with Gasteiger partial charge in [-0.05, 0) is 35.4 Å². The fourth-order valence-corrected chi connectivity index (χ4v) is 4.17. The van der Waals surface area contributed by atoms with Gasteiger partial charge in [0.15, 0.2) is 5.82 Å². The fraction of sp³-hybridized carbons (Fsp3) is 0.250. The molecule has 0 saturated heterocycles. The van der Waals surface area contributed by atoms with Gasteiger partial charge in [0.05, 0.1) is 0 Å². The molecule has 0 aliphatic carbocycles. The van der Waals surface area contributed by atoms with E-state index in [4.69, 9.17) is 11.6 Å². The molecule has 4 rings (SSSR count). The normalized spacial score (nSPS) is 16.8. The van der Waals surface area contributed by atoms with E-state index in [0.29, 0.717) is 0 Å². The van der Waals surface area contributed by atoms with Crippen LogP contribution in [0.3, 0.4) is 0 Å². The van der Waals surface area contributed by atoms with Crippen LogP contribution in [0.1, 0.15) is 29.2 Å². The molecule has 6 heteroatoms. The van der Waals surface area contributed by atoms with Crippen molar-refractivity contribution in [1.29, 1.82) is 0 Å². The molecule has 4 nitrogen and oxygen atoms in total. The molecular formula is C16H15ClN4S. The summed E-state index contributed by atoms with van der Waals surface area (Å²) in [7, 11) is 0. The number of rotatable bonds is 2. The Hall–Kier alpha value is -1.72. The number of hydrogen-bond donors (Lipinski definition) is 1. The Kier molecular flexibility index (Phi) is 3.27. The van der Waals surface area contributed by atoms with E-state index >= 15 is 0 Å². The molecule has 0 radical (unpaired) electrons. The number of aromatic nitrogens is 3. The monoisotopic (exact) mass is 330 g/mol. The summed E-state index contributed by atoms with van der Waals surface area (Å²) in [6.45, 7) is 4.18. The Labute approximate surface area is 137 Å². The largest absolute Gasteiger partial charge is 0.304 e. The summed E-state index contributed by atoms with van der Waals surface area (Å²) in [5.41, 5.74) is 5.76. The molecule has 3 aromatic rings. The molecule has 1 N–H and O–H groups in total. The van der Waals surface area contributed by atoms with Crippen LogP contribution in [0.15, 0.2) is 35.5 Å². The van der Waals surface area contributed by atoms with E-state index in [-0.39, 0.29) is 5.37 Å². The molecule has 112 valence electrons. The first-order valence-corrected chi connectivity index (χ1v) is 8.49. The van der Waals surface area contributed by atoms with Crippen LogP contribution in [0.2, 0.25) is 5.02 Å². The third kappa shape index (κ3) is 2.08. The van der Waals surface area contributed by atoms with Gasteiger partial charge in [-0.2, -0.15) is 0 Å². The van der Waals surface area contributed by atoms with E-state index in [1.807, 2.05) is 4.68 Å². The van der Waals surface area contributed by atoms with Gasteiger partial charge in [-0.25, -0.2) is 4.68 Å². The highest BCUT2D eigenvalue weighted by atomic mass is 35.5. The minimum atomic E-state index is 0.0632. The van der Waals surface area contributed by atoms with Gasteiger partial charge >= 0.3 is 0 Å². The Balaban J connectivity index is 1.76. The third-order valence-corrected chi connectivity index (χ3v) is 5.38. The van der Waals surface area contributed by atoms with Gasteiger partial charge < -0.3 is 5.43 Å². The molecule has 0 saturated carbocycles. The Morgan fingerprint density at radius 3 is 3.00 bits per heavy atom. The summed E-state index contributed by atoms with van der Waals surface area (Å²) in [4.78, 5) is 0. The summed E-state index contributed by atoms with van der Waals surface area (Å²) in [6.07, 6.45) is 0.845. The molecule has 2 aromatic carbocycles. The van der Waals surface area contributed by atoms with Gasteiger partial charge in [0.1, 0.15) is 5.37 Å². The average Bonchev–Trinajstić information content (AvgIpc) is 3.07. The number of aryl methyl sites for hydroxylation is 2. The minimum Gasteiger partial charge on any atom is -0.304 e. The summed E-state index contributed by atoms with van der Waals surface area (Å²) in [5, 5.41) is 12.5. The zero-order chi connectivity index (χ0) is 15.3. The van der Waals surface area contributed by atoms with Crippen molar-refractivity contribution in [2.45, 2.75) is 30.8 Å². The highest BCUT2D eigenvalue weighted by Gasteiger charge is 2.28. The van der Waals surface area contributed by atoms with Gasteiger partial charge in [0.25, 0.3) is 0 Å². The molecule has 1 atom stereocenters. The van der Waals surface area contributed by atoms with Crippen molar-refractivity contribution in [3.63, 3.8) is 0 Å². The van der Waals surface area contributed by atoms with E-state index in [9.17, 15) is 0 Å². The van der Waals surface area contributed by atoms with Crippen LogP contribution in [0.5, 0.6) is 0 Å². The quantitative estimate of drug-likeness (QED) is 0.760. The van der Waals surface area contributed by atoms with Gasteiger partial charge in [-0.3, -0.25) is 0 Å². The van der Waals surface area contributed by atoms with Crippen molar-refractivity contribution in [3.8, 4) is 0 Å². The number of nitrogens with one attached hydrogen (secondary N) is 1. The molecule has 0 fully saturated rings. The predicted molar refractivity (Wildman–Crippen MR) is 91.1 cm³/mol. The summed E-state index contributed by atoms with van der Waals surface area (Å²) in [5.74, 6) is 0.942. The molecule has 0 bridgehead atoms. The second-order valence-electron chi connectivity index (χ2n) is 5.38. The molecule has 1 unspecified atom stereocenters. The minimum absolute atomic E-state index is 0.0632. The lowest BCUT2D eigenvalue weighted by Gasteiger charge is -2.15. The highest BCUT2D eigenvalue weighted by Crippen LogP contribution is 2.42. The van der Waals surface area contributed by atoms with Crippen molar-refractivity contribution in [2.75, 3.05) is 5.43 Å². The first-order valence-electron chi connectivity index (χ1n) is 7.23. The van der Waals surface area contributed by atoms with Gasteiger partial charge in [-0.1, -0.05) is 48.5 Å². The smallest absolute Gasteiger partial charge is 0.212 e. The summed E-state index contributed by atoms with van der Waals surface area (Å²) in [6, 6.07) is 10.5. The van der Waals surface area contributed by atoms with Crippen LogP contribution in [0.25, 0.3) is 10.8 Å². The molecule has 22 heavy (non-hydrogen) atoms. The van der Waals surface area contributed by atoms with E-state index < -0.39 is 0 Å². The first kappa shape index (κ1) is 13.9. The van der Waals surface area contributed by atoms with Crippen molar-refractivity contribution in [3.05, 3.63) is 52.3 Å². The van der Waals surface area contributed by atoms with Crippen molar-refractivity contribution >= 4 is 34.1 Å². The van der Waals surface area contributed by atoms with E-state index in [1.165, 1.54) is 16.3 Å². The lowest BCUT2D eigenvalue weighted by atomic mass is 10.0. The second kappa shape index (κ2) is 5.18. The first-order chi connectivity index (χ1) is 10.7. The van der Waals surface area contributed by atoms with Crippen LogP contribution in [0, 0.1) is 6.92 Å². The predicted octanol–water partition coefficient (Wildman–Crippen LogP) is 4.30. The van der Waals surface area contributed by atoms with Crippen LogP contribution in [-0.2, 0) is 6.42 Å². The highest BCUT2D eigenvalue weighted by molar-refractivity contribution is 7.99. The molecule has 0 amide bonds. The summed E-state index contributed by atoms with van der Waals surface area (Å²) < 4.78 is 1.96. The van der Waals surface area contributed by atoms with Crippen molar-refractivity contribution < 1.29 is 0 Å². The van der Waals surface area contributed by atoms with Crippen LogP contribution >= 0.6 is 23.4 Å². The van der Waals surface area contributed by atoms with E-state index in [2.05, 4.69) is 59.8 Å². The maximum Gasteiger partial charge on any atom is 0.212 e. The van der Waals surface area contributed by atoms with Gasteiger partial charge in [0, 0.05) is 17.0 Å². The van der Waals surface area contributed by atoms with Gasteiger partial charge in [0.2, 0.25) is 5.16 Å². The lowest BCUT2D eigenvalue weighted by Crippen LogP contribution is -2.15. The van der Waals surface area contributed by atoms with Gasteiger partial charge in [-0.15, -0.1) is 10.2 Å². The number of hydrogen-bond acceptors (Lipinski definition) is 4. The lowest BCUT2D eigenvalue weighted by molar-refractivity contribution is 0.740. The zero-order valence-corrected chi connectivity index (χ0v) is 13.9. The van der Waals surface area contributed by atoms with E-state index in [0.717, 1.165) is 28.0 Å².